The van der Waals surface area contributed by atoms with Crippen molar-refractivity contribution in [3.8, 4) is 0 Å². The minimum Gasteiger partial charge on any atom is -0.756 e. The summed E-state index contributed by atoms with van der Waals surface area (Å²) in [7, 11) is -14.7. The van der Waals surface area contributed by atoms with E-state index in [2.05, 4.69) is 22.6 Å². The van der Waals surface area contributed by atoms with Crippen LogP contribution >= 0.6 is 23.5 Å². The zero-order valence-electron chi connectivity index (χ0n) is 15.4. The van der Waals surface area contributed by atoms with Gasteiger partial charge in [-0.2, -0.15) is 5.54 Å². The Morgan fingerprint density at radius 3 is 1.72 bits per heavy atom. The number of halogens is 1. The number of aliphatic hydroxyl groups excluding tert-OH is 1. The fourth-order valence-corrected chi connectivity index (χ4v) is 3.47. The minimum absolute atomic E-state index is 0.257. The molecule has 5 atom stereocenters. The van der Waals surface area contributed by atoms with Crippen LogP contribution in [0.25, 0.3) is 0 Å². The van der Waals surface area contributed by atoms with Crippen LogP contribution in [-0.4, -0.2) is 56.2 Å². The number of phosphoric acid groups is 3. The maximum atomic E-state index is 11.9. The van der Waals surface area contributed by atoms with Gasteiger partial charge in [0.25, 0.3) is 23.5 Å². The number of hydrogen-bond acceptors (Lipinski definition) is 13. The number of nitrogens with one attached hydrogen (secondary N) is 1. The Balaban J connectivity index is 4.21. The molecular weight excluding hydrogens is 466 g/mol. The number of rotatable bonds is 18. The van der Waals surface area contributed by atoms with Crippen LogP contribution in [0, 0.1) is 11.8 Å². The van der Waals surface area contributed by atoms with Crippen molar-refractivity contribution < 1.29 is 65.5 Å². The minimum atomic E-state index is -4.96. The molecule has 0 saturated carbocycles. The predicted octanol–water partition coefficient (Wildman–Crippen LogP) is -1.42. The van der Waals surface area contributed by atoms with E-state index >= 15 is 0 Å². The van der Waals surface area contributed by atoms with E-state index in [0.29, 0.717) is 0 Å². The molecule has 0 rings (SSSR count). The molecule has 0 aromatic heterocycles. The van der Waals surface area contributed by atoms with Gasteiger partial charge in [0, 0.05) is 25.0 Å². The van der Waals surface area contributed by atoms with Crippen molar-refractivity contribution in [3.63, 3.8) is 0 Å². The molecule has 0 amide bonds. The highest BCUT2D eigenvalue weighted by atomic mass is 31.2. The summed E-state index contributed by atoms with van der Waals surface area (Å²) >= 11 is 0. The van der Waals surface area contributed by atoms with Crippen LogP contribution in [0.2, 0.25) is 0 Å². The van der Waals surface area contributed by atoms with Crippen molar-refractivity contribution in [2.45, 2.75) is 13.3 Å². The van der Waals surface area contributed by atoms with Gasteiger partial charge in [0.05, 0.1) is 33.0 Å². The lowest BCUT2D eigenvalue weighted by Crippen LogP contribution is -2.25. The number of aliphatic hydroxyl groups is 1. The molecule has 0 aromatic rings. The standard InChI is InChI=1S/C11H27FNO13P3/c1-2-10(7-24-27(15,16)17)8-25-28(18,19)22-3-4-23-29(20,21)26-9-11(6-14)5-13-12/h10-11,13-14H,2-9H2,1H3,(H,18,19)(H,20,21)(H2,15,16,17)/p-3. The molecule has 0 heterocycles. The van der Waals surface area contributed by atoms with Gasteiger partial charge >= 0.3 is 0 Å². The molecule has 0 spiro atoms. The molecule has 29 heavy (non-hydrogen) atoms. The average molecular weight is 490 g/mol. The highest BCUT2D eigenvalue weighted by Gasteiger charge is 2.18. The monoisotopic (exact) mass is 490 g/mol. The molecule has 0 aliphatic carbocycles. The van der Waals surface area contributed by atoms with Gasteiger partial charge in [-0.3, -0.25) is 13.7 Å². The van der Waals surface area contributed by atoms with Crippen molar-refractivity contribution in [3.05, 3.63) is 0 Å². The van der Waals surface area contributed by atoms with Crippen LogP contribution < -0.4 is 20.2 Å². The Labute approximate surface area is 166 Å². The number of hydrogen-bond donors (Lipinski definition) is 3. The van der Waals surface area contributed by atoms with E-state index in [4.69, 9.17) is 10.00 Å². The largest absolute Gasteiger partial charge is 0.756 e. The lowest BCUT2D eigenvalue weighted by atomic mass is 10.1. The molecule has 0 aliphatic rings. The summed E-state index contributed by atoms with van der Waals surface area (Å²) in [4.78, 5) is 42.0. The SMILES string of the molecule is CCC(COP(=O)([O-])O)COP(=O)([O-])OCCOP(=O)([O-])OCC(CO)CNF. The van der Waals surface area contributed by atoms with E-state index in [1.807, 2.05) is 0 Å². The molecule has 0 aliphatic heterocycles. The fraction of sp³-hybridized carbons (Fsp3) is 1.00. The van der Waals surface area contributed by atoms with Crippen LogP contribution in [0.1, 0.15) is 13.3 Å². The molecule has 0 radical (unpaired) electrons. The first-order valence-corrected chi connectivity index (χ1v) is 12.6. The van der Waals surface area contributed by atoms with Crippen molar-refractivity contribution >= 4 is 23.5 Å². The molecule has 3 N–H and O–H groups in total. The summed E-state index contributed by atoms with van der Waals surface area (Å²) in [5, 5.41) is 8.87. The summed E-state index contributed by atoms with van der Waals surface area (Å²) in [5.74, 6) is -1.55. The van der Waals surface area contributed by atoms with E-state index in [1.54, 1.807) is 6.92 Å². The van der Waals surface area contributed by atoms with Crippen molar-refractivity contribution in [2.24, 2.45) is 11.8 Å². The van der Waals surface area contributed by atoms with Crippen LogP contribution in [0.4, 0.5) is 4.48 Å². The Bertz CT molecular complexity index is 590. The molecular formula is C11H24FNO13P3-3. The third-order valence-electron chi connectivity index (χ3n) is 3.19. The van der Waals surface area contributed by atoms with Gasteiger partial charge in [-0.1, -0.05) is 6.92 Å². The van der Waals surface area contributed by atoms with Crippen LogP contribution in [-0.2, 0) is 36.3 Å². The molecule has 0 aromatic carbocycles. The van der Waals surface area contributed by atoms with Gasteiger partial charge in [0.2, 0.25) is 0 Å². The first-order chi connectivity index (χ1) is 13.3. The third kappa shape index (κ3) is 16.5. The zero-order valence-corrected chi connectivity index (χ0v) is 18.1. The quantitative estimate of drug-likeness (QED) is 0.114. The molecule has 0 bridgehead atoms. The summed E-state index contributed by atoms with van der Waals surface area (Å²) in [6, 6.07) is 0. The van der Waals surface area contributed by atoms with Crippen molar-refractivity contribution in [1.29, 1.82) is 0 Å². The van der Waals surface area contributed by atoms with Crippen molar-refractivity contribution in [2.75, 3.05) is 46.2 Å². The second-order valence-electron chi connectivity index (χ2n) is 5.58. The zero-order chi connectivity index (χ0) is 22.6. The van der Waals surface area contributed by atoms with E-state index in [0.717, 1.165) is 0 Å². The lowest BCUT2D eigenvalue weighted by molar-refractivity contribution is -0.234. The smallest absolute Gasteiger partial charge is 0.267 e. The fourth-order valence-electron chi connectivity index (χ4n) is 1.53. The van der Waals surface area contributed by atoms with Gasteiger partial charge in [0.15, 0.2) is 0 Å². The summed E-state index contributed by atoms with van der Waals surface area (Å²) in [5.41, 5.74) is 1.24. The second-order valence-corrected chi connectivity index (χ2v) is 9.59. The Kier molecular flexibility index (Phi) is 14.4. The second kappa shape index (κ2) is 14.3. The first kappa shape index (κ1) is 29.2. The van der Waals surface area contributed by atoms with Gasteiger partial charge in [-0.15, -0.1) is 4.48 Å². The van der Waals surface area contributed by atoms with Crippen molar-refractivity contribution in [1.82, 2.24) is 5.54 Å². The Hall–Kier alpha value is 0.180. The lowest BCUT2D eigenvalue weighted by Gasteiger charge is -2.27. The average Bonchev–Trinajstić information content (AvgIpc) is 2.61. The van der Waals surface area contributed by atoms with Gasteiger partial charge in [-0.25, -0.2) is 0 Å². The molecule has 14 nitrogen and oxygen atoms in total. The topological polar surface area (TPSA) is 219 Å². The van der Waals surface area contributed by atoms with Gasteiger partial charge < -0.3 is 47.3 Å². The van der Waals surface area contributed by atoms with Crippen LogP contribution in [0.15, 0.2) is 0 Å². The highest BCUT2D eigenvalue weighted by molar-refractivity contribution is 7.46. The normalized spacial score (nSPS) is 20.4. The van der Waals surface area contributed by atoms with Crippen LogP contribution in [0.5, 0.6) is 0 Å². The first-order valence-electron chi connectivity index (χ1n) is 8.17. The maximum Gasteiger partial charge on any atom is 0.267 e. The van der Waals surface area contributed by atoms with E-state index < -0.39 is 74.9 Å². The maximum absolute atomic E-state index is 11.9. The Morgan fingerprint density at radius 2 is 1.34 bits per heavy atom. The van der Waals surface area contributed by atoms with E-state index in [9.17, 15) is 32.9 Å². The van der Waals surface area contributed by atoms with E-state index in [-0.39, 0.29) is 13.0 Å². The summed E-state index contributed by atoms with van der Waals surface area (Å²) in [6.07, 6.45) is 0.257. The molecule has 5 unspecified atom stereocenters. The number of phosphoric ester groups is 3. The summed E-state index contributed by atoms with van der Waals surface area (Å²) in [6.45, 7) is -2.39. The Morgan fingerprint density at radius 1 is 0.897 bits per heavy atom. The summed E-state index contributed by atoms with van der Waals surface area (Å²) < 4.78 is 67.3. The third-order valence-corrected chi connectivity index (χ3v) is 5.60. The van der Waals surface area contributed by atoms with E-state index in [1.165, 1.54) is 5.54 Å². The highest BCUT2D eigenvalue weighted by Crippen LogP contribution is 2.41. The predicted molar refractivity (Wildman–Crippen MR) is 88.3 cm³/mol. The molecule has 18 heteroatoms. The molecule has 0 fully saturated rings. The van der Waals surface area contributed by atoms with Gasteiger partial charge in [0.1, 0.15) is 0 Å². The molecule has 0 saturated heterocycles. The van der Waals surface area contributed by atoms with Gasteiger partial charge in [-0.05, 0) is 6.42 Å². The van der Waals surface area contributed by atoms with Crippen LogP contribution in [0.3, 0.4) is 0 Å². The molecule has 176 valence electrons.